The molecule has 0 spiro atoms. The normalized spacial score (nSPS) is 19.7. The topological polar surface area (TPSA) is 12.9 Å². The second kappa shape index (κ2) is 8.39. The molecule has 2 atom stereocenters. The zero-order valence-corrected chi connectivity index (χ0v) is 21.6. The van der Waals surface area contributed by atoms with Gasteiger partial charge in [0.2, 0.25) is 0 Å². The molecule has 3 aliphatic carbocycles. The van der Waals surface area contributed by atoms with Crippen molar-refractivity contribution < 1.29 is 0 Å². The van der Waals surface area contributed by atoms with Crippen LogP contribution in [0, 0.1) is 5.92 Å². The van der Waals surface area contributed by atoms with Crippen LogP contribution in [0.5, 0.6) is 0 Å². The first kappa shape index (κ1) is 21.8. The van der Waals surface area contributed by atoms with E-state index in [0.717, 1.165) is 24.1 Å². The van der Waals surface area contributed by atoms with Crippen molar-refractivity contribution in [2.75, 3.05) is 0 Å². The van der Waals surface area contributed by atoms with Crippen LogP contribution in [0.15, 0.2) is 109 Å². The lowest BCUT2D eigenvalue weighted by molar-refractivity contribution is 1.01. The standard InChI is InChI=1S/C37H29N/c1-2-23-8-7-9-24(15-14-23)25-16-18-26(19-17-25)36-32-13-6-4-11-29(32)35-34-30(21-20-27-22-33(27)34)28-10-3-5-12-31(28)37(35)38-36/h3-6,8-21,27,33H,2,7,22H2,1H3. The van der Waals surface area contributed by atoms with Crippen molar-refractivity contribution in [3.05, 3.63) is 125 Å². The molecule has 1 heterocycles. The zero-order chi connectivity index (χ0) is 25.2. The highest BCUT2D eigenvalue weighted by Crippen LogP contribution is 2.57. The van der Waals surface area contributed by atoms with Gasteiger partial charge in [-0.15, -0.1) is 0 Å². The van der Waals surface area contributed by atoms with E-state index in [1.165, 1.54) is 66.8 Å². The fourth-order valence-electron chi connectivity index (χ4n) is 6.67. The molecule has 1 aromatic heterocycles. The first-order valence-corrected chi connectivity index (χ1v) is 13.9. The van der Waals surface area contributed by atoms with Crippen molar-refractivity contribution in [2.45, 2.75) is 32.1 Å². The maximum absolute atomic E-state index is 5.48. The van der Waals surface area contributed by atoms with Gasteiger partial charge < -0.3 is 0 Å². The predicted octanol–water partition coefficient (Wildman–Crippen LogP) is 10.0. The van der Waals surface area contributed by atoms with E-state index in [9.17, 15) is 0 Å². The largest absolute Gasteiger partial charge is 0.246 e. The second-order valence-corrected chi connectivity index (χ2v) is 10.9. The van der Waals surface area contributed by atoms with E-state index in [1.807, 2.05) is 0 Å². The van der Waals surface area contributed by atoms with Crippen molar-refractivity contribution in [3.8, 4) is 11.3 Å². The molecule has 0 aliphatic heterocycles. The van der Waals surface area contributed by atoms with Crippen LogP contribution in [-0.4, -0.2) is 4.98 Å². The summed E-state index contributed by atoms with van der Waals surface area (Å²) in [5.74, 6) is 1.31. The lowest BCUT2D eigenvalue weighted by atomic mass is 9.85. The maximum atomic E-state index is 5.48. The number of aromatic nitrogens is 1. The molecule has 0 bridgehead atoms. The van der Waals surface area contributed by atoms with Gasteiger partial charge in [-0.1, -0.05) is 122 Å². The molecule has 4 aromatic carbocycles. The Morgan fingerprint density at radius 1 is 0.737 bits per heavy atom. The fraction of sp³-hybridized carbons (Fsp3) is 0.162. The first-order valence-electron chi connectivity index (χ1n) is 13.9. The first-order chi connectivity index (χ1) is 18.8. The fourth-order valence-corrected chi connectivity index (χ4v) is 6.67. The average molecular weight is 488 g/mol. The van der Waals surface area contributed by atoms with E-state index >= 15 is 0 Å². The third-order valence-electron chi connectivity index (χ3n) is 8.76. The molecular weight excluding hydrogens is 458 g/mol. The predicted molar refractivity (Wildman–Crippen MR) is 162 cm³/mol. The molecule has 1 fully saturated rings. The highest BCUT2D eigenvalue weighted by molar-refractivity contribution is 6.22. The third-order valence-corrected chi connectivity index (χ3v) is 8.76. The molecule has 0 amide bonds. The number of rotatable bonds is 3. The van der Waals surface area contributed by atoms with Crippen LogP contribution in [0.25, 0.3) is 55.4 Å². The van der Waals surface area contributed by atoms with E-state index in [4.69, 9.17) is 4.98 Å². The monoisotopic (exact) mass is 487 g/mol. The van der Waals surface area contributed by atoms with E-state index in [0.29, 0.717) is 11.8 Å². The van der Waals surface area contributed by atoms with Gasteiger partial charge in [-0.05, 0) is 64.1 Å². The van der Waals surface area contributed by atoms with Gasteiger partial charge >= 0.3 is 0 Å². The van der Waals surface area contributed by atoms with Gasteiger partial charge in [-0.3, -0.25) is 0 Å². The number of pyridine rings is 1. The minimum Gasteiger partial charge on any atom is -0.246 e. The smallest absolute Gasteiger partial charge is 0.0797 e. The number of nitrogens with zero attached hydrogens (tertiary/aromatic N) is 1. The summed E-state index contributed by atoms with van der Waals surface area (Å²) in [6, 6.07) is 26.8. The number of fused-ring (bicyclic) bond motifs is 10. The highest BCUT2D eigenvalue weighted by Gasteiger charge is 2.41. The summed E-state index contributed by atoms with van der Waals surface area (Å²) in [5.41, 5.74) is 10.3. The van der Waals surface area contributed by atoms with Crippen LogP contribution in [0.4, 0.5) is 0 Å². The molecule has 38 heavy (non-hydrogen) atoms. The average Bonchev–Trinajstić information content (AvgIpc) is 3.80. The summed E-state index contributed by atoms with van der Waals surface area (Å²) in [6.45, 7) is 2.22. The third kappa shape index (κ3) is 3.28. The number of benzene rings is 4. The van der Waals surface area contributed by atoms with Crippen LogP contribution in [0.2, 0.25) is 0 Å². The summed E-state index contributed by atoms with van der Waals surface area (Å²) in [5, 5.41) is 6.50. The lowest BCUT2D eigenvalue weighted by Crippen LogP contribution is -2.00. The van der Waals surface area contributed by atoms with Gasteiger partial charge in [0.25, 0.3) is 0 Å². The zero-order valence-electron chi connectivity index (χ0n) is 21.6. The summed E-state index contributed by atoms with van der Waals surface area (Å²) >= 11 is 0. The van der Waals surface area contributed by atoms with Gasteiger partial charge in [-0.25, -0.2) is 4.98 Å². The number of hydrogen-bond acceptors (Lipinski definition) is 1. The van der Waals surface area contributed by atoms with Gasteiger partial charge in [0.15, 0.2) is 0 Å². The summed E-state index contributed by atoms with van der Waals surface area (Å²) in [4.78, 5) is 5.48. The van der Waals surface area contributed by atoms with Crippen molar-refractivity contribution in [2.24, 2.45) is 5.92 Å². The van der Waals surface area contributed by atoms with Gasteiger partial charge in [0.05, 0.1) is 11.2 Å². The van der Waals surface area contributed by atoms with E-state index in [2.05, 4.69) is 116 Å². The molecule has 1 saturated carbocycles. The molecule has 8 rings (SSSR count). The highest BCUT2D eigenvalue weighted by atomic mass is 14.7. The molecule has 182 valence electrons. The van der Waals surface area contributed by atoms with E-state index in [-0.39, 0.29) is 0 Å². The van der Waals surface area contributed by atoms with Gasteiger partial charge in [0, 0.05) is 21.7 Å². The molecular formula is C37H29N. The van der Waals surface area contributed by atoms with E-state index < -0.39 is 0 Å². The maximum Gasteiger partial charge on any atom is 0.0797 e. The SMILES string of the molecule is CCC1=CCC=C(c2ccc(-c3nc4c5ccccc5c5c(c4c4ccccc34)C3CC3C=C5)cc2)C=C1. The minimum absolute atomic E-state index is 0.626. The Morgan fingerprint density at radius 2 is 1.47 bits per heavy atom. The van der Waals surface area contributed by atoms with Crippen molar-refractivity contribution in [1.29, 1.82) is 0 Å². The lowest BCUT2D eigenvalue weighted by Gasteiger charge is -2.20. The summed E-state index contributed by atoms with van der Waals surface area (Å²) < 4.78 is 0. The molecule has 0 radical (unpaired) electrons. The van der Waals surface area contributed by atoms with Crippen LogP contribution in [0.1, 0.15) is 48.8 Å². The van der Waals surface area contributed by atoms with Crippen LogP contribution in [-0.2, 0) is 0 Å². The molecule has 1 nitrogen and oxygen atoms in total. The number of hydrogen-bond donors (Lipinski definition) is 0. The van der Waals surface area contributed by atoms with Crippen molar-refractivity contribution >= 4 is 44.1 Å². The van der Waals surface area contributed by atoms with Crippen molar-refractivity contribution in [1.82, 2.24) is 4.98 Å². The minimum atomic E-state index is 0.626. The Bertz CT molecular complexity index is 1900. The quantitative estimate of drug-likeness (QED) is 0.231. The van der Waals surface area contributed by atoms with Crippen LogP contribution >= 0.6 is 0 Å². The van der Waals surface area contributed by atoms with Crippen LogP contribution in [0.3, 0.4) is 0 Å². The van der Waals surface area contributed by atoms with Crippen molar-refractivity contribution in [3.63, 3.8) is 0 Å². The Labute approximate surface area is 223 Å². The van der Waals surface area contributed by atoms with Crippen LogP contribution < -0.4 is 0 Å². The van der Waals surface area contributed by atoms with Gasteiger partial charge in [-0.2, -0.15) is 0 Å². The Morgan fingerprint density at radius 3 is 2.29 bits per heavy atom. The summed E-state index contributed by atoms with van der Waals surface area (Å²) in [6.07, 6.45) is 17.3. The molecule has 0 saturated heterocycles. The Hall–Kier alpha value is -4.23. The number of allylic oxidation sites excluding steroid dienone is 7. The molecule has 0 N–H and O–H groups in total. The van der Waals surface area contributed by atoms with E-state index in [1.54, 1.807) is 0 Å². The molecule has 3 aliphatic rings. The summed E-state index contributed by atoms with van der Waals surface area (Å²) in [7, 11) is 0. The molecule has 5 aromatic rings. The molecule has 2 unspecified atom stereocenters. The second-order valence-electron chi connectivity index (χ2n) is 10.9. The Balaban J connectivity index is 1.35. The molecule has 1 heteroatoms. The Kier molecular flexibility index (Phi) is 4.82. The van der Waals surface area contributed by atoms with Gasteiger partial charge in [0.1, 0.15) is 0 Å².